The summed E-state index contributed by atoms with van der Waals surface area (Å²) < 4.78 is 38.7. The van der Waals surface area contributed by atoms with Gasteiger partial charge in [0.15, 0.2) is 0 Å². The molecule has 1 saturated heterocycles. The van der Waals surface area contributed by atoms with Crippen LogP contribution in [0.15, 0.2) is 30.3 Å². The number of methoxy groups -OCH3 is 1. The summed E-state index contributed by atoms with van der Waals surface area (Å²) in [5.41, 5.74) is 1.45. The van der Waals surface area contributed by atoms with E-state index in [0.29, 0.717) is 31.4 Å². The fraction of sp³-hybridized carbons (Fsp3) is 0.421. The molecule has 1 aromatic carbocycles. The smallest absolute Gasteiger partial charge is 0.280 e. The Morgan fingerprint density at radius 3 is 2.64 bits per heavy atom. The second-order valence-electron chi connectivity index (χ2n) is 6.64. The van der Waals surface area contributed by atoms with Gasteiger partial charge in [0.2, 0.25) is 5.95 Å². The molecule has 0 atom stereocenters. The van der Waals surface area contributed by atoms with Gasteiger partial charge in [0.05, 0.1) is 12.8 Å². The summed E-state index contributed by atoms with van der Waals surface area (Å²) >= 11 is 0. The highest BCUT2D eigenvalue weighted by molar-refractivity contribution is 5.41. The number of hydrogen-bond acceptors (Lipinski definition) is 6. The summed E-state index contributed by atoms with van der Waals surface area (Å²) in [6.45, 7) is 1.71. The highest BCUT2D eigenvalue weighted by Crippen LogP contribution is 2.29. The monoisotopic (exact) mass is 389 g/mol. The number of aromatic nitrogens is 4. The normalized spacial score (nSPS) is 15.3. The third-order valence-corrected chi connectivity index (χ3v) is 4.83. The fourth-order valence-corrected chi connectivity index (χ4v) is 3.31. The van der Waals surface area contributed by atoms with Gasteiger partial charge in [-0.05, 0) is 36.6 Å². The van der Waals surface area contributed by atoms with E-state index in [1.165, 1.54) is 6.07 Å². The molecule has 148 valence electrons. The zero-order valence-corrected chi connectivity index (χ0v) is 15.4. The van der Waals surface area contributed by atoms with Gasteiger partial charge in [-0.2, -0.15) is 9.50 Å². The lowest BCUT2D eigenvalue weighted by Gasteiger charge is -2.22. The molecule has 1 aliphatic rings. The molecule has 1 N–H and O–H groups in total. The van der Waals surface area contributed by atoms with Gasteiger partial charge in [0.1, 0.15) is 11.4 Å². The number of hydrogen-bond donors (Lipinski definition) is 1. The predicted molar refractivity (Wildman–Crippen MR) is 98.9 cm³/mol. The van der Waals surface area contributed by atoms with Gasteiger partial charge in [0.25, 0.3) is 12.2 Å². The molecule has 0 radical (unpaired) electrons. The number of ether oxygens (including phenoxy) is 2. The van der Waals surface area contributed by atoms with Gasteiger partial charge in [-0.15, -0.1) is 5.10 Å². The SMILES string of the molecule is COc1ccc(CNc2nc3nc(C(F)F)cc(C4CCOCC4)n3n2)cc1. The lowest BCUT2D eigenvalue weighted by Crippen LogP contribution is -2.18. The van der Waals surface area contributed by atoms with Crippen molar-refractivity contribution in [2.75, 3.05) is 25.6 Å². The Hall–Kier alpha value is -2.81. The topological polar surface area (TPSA) is 73.6 Å². The number of fused-ring (bicyclic) bond motifs is 1. The largest absolute Gasteiger partial charge is 0.497 e. The number of nitrogens with zero attached hydrogens (tertiary/aromatic N) is 4. The summed E-state index contributed by atoms with van der Waals surface area (Å²) in [7, 11) is 1.62. The first-order valence-corrected chi connectivity index (χ1v) is 9.14. The Bertz CT molecular complexity index is 939. The first-order chi connectivity index (χ1) is 13.6. The van der Waals surface area contributed by atoms with Gasteiger partial charge >= 0.3 is 0 Å². The zero-order chi connectivity index (χ0) is 19.5. The highest BCUT2D eigenvalue weighted by atomic mass is 19.3. The molecule has 9 heteroatoms. The van der Waals surface area contributed by atoms with E-state index in [1.54, 1.807) is 11.6 Å². The van der Waals surface area contributed by atoms with Crippen LogP contribution in [0.4, 0.5) is 14.7 Å². The van der Waals surface area contributed by atoms with Crippen LogP contribution in [0.1, 0.15) is 42.1 Å². The van der Waals surface area contributed by atoms with Gasteiger partial charge in [-0.1, -0.05) is 12.1 Å². The van der Waals surface area contributed by atoms with E-state index in [0.717, 1.165) is 24.2 Å². The van der Waals surface area contributed by atoms with Crippen molar-refractivity contribution >= 4 is 11.7 Å². The van der Waals surface area contributed by atoms with Crippen molar-refractivity contribution in [3.05, 3.63) is 47.3 Å². The summed E-state index contributed by atoms with van der Waals surface area (Å²) in [6.07, 6.45) is -1.14. The summed E-state index contributed by atoms with van der Waals surface area (Å²) in [4.78, 5) is 8.28. The number of halogens is 2. The molecule has 28 heavy (non-hydrogen) atoms. The van der Waals surface area contributed by atoms with Crippen LogP contribution in [0.25, 0.3) is 5.78 Å². The molecular weight excluding hydrogens is 368 g/mol. The minimum Gasteiger partial charge on any atom is -0.497 e. The van der Waals surface area contributed by atoms with E-state index in [-0.39, 0.29) is 17.4 Å². The average molecular weight is 389 g/mol. The van der Waals surface area contributed by atoms with Crippen molar-refractivity contribution < 1.29 is 18.3 Å². The molecule has 1 aliphatic heterocycles. The minimum absolute atomic E-state index is 0.0906. The zero-order valence-electron chi connectivity index (χ0n) is 15.4. The van der Waals surface area contributed by atoms with E-state index >= 15 is 0 Å². The van der Waals surface area contributed by atoms with Gasteiger partial charge in [-0.25, -0.2) is 13.8 Å². The molecule has 3 heterocycles. The molecule has 4 rings (SSSR count). The molecular formula is C19H21F2N5O2. The van der Waals surface area contributed by atoms with E-state index < -0.39 is 6.43 Å². The van der Waals surface area contributed by atoms with Crippen LogP contribution in [-0.2, 0) is 11.3 Å². The molecule has 0 amide bonds. The quantitative estimate of drug-likeness (QED) is 0.695. The molecule has 7 nitrogen and oxygen atoms in total. The van der Waals surface area contributed by atoms with E-state index in [4.69, 9.17) is 9.47 Å². The molecule has 0 saturated carbocycles. The number of anilines is 1. The minimum atomic E-state index is -2.66. The predicted octanol–water partition coefficient (Wildman–Crippen LogP) is 3.58. The summed E-state index contributed by atoms with van der Waals surface area (Å²) in [5, 5.41) is 7.59. The fourth-order valence-electron chi connectivity index (χ4n) is 3.31. The van der Waals surface area contributed by atoms with Crippen molar-refractivity contribution in [1.82, 2.24) is 19.6 Å². The van der Waals surface area contributed by atoms with Crippen LogP contribution in [0.2, 0.25) is 0 Å². The van der Waals surface area contributed by atoms with Crippen LogP contribution in [0.3, 0.4) is 0 Å². The van der Waals surface area contributed by atoms with Crippen LogP contribution in [0, 0.1) is 0 Å². The number of rotatable bonds is 6. The van der Waals surface area contributed by atoms with Crippen molar-refractivity contribution in [3.63, 3.8) is 0 Å². The number of nitrogens with one attached hydrogen (secondary N) is 1. The standard InChI is InChI=1S/C19H21F2N5O2/c1-27-14-4-2-12(3-5-14)11-22-18-24-19-23-15(17(20)21)10-16(26(19)25-18)13-6-8-28-9-7-13/h2-5,10,13,17H,6-9,11H2,1H3,(H,22,25). The number of alkyl halides is 2. The van der Waals surface area contributed by atoms with Gasteiger partial charge < -0.3 is 14.8 Å². The lowest BCUT2D eigenvalue weighted by molar-refractivity contribution is 0.0838. The Kier molecular flexibility index (Phi) is 5.34. The molecule has 0 unspecified atom stereocenters. The third-order valence-electron chi connectivity index (χ3n) is 4.83. The van der Waals surface area contributed by atoms with Crippen LogP contribution >= 0.6 is 0 Å². The van der Waals surface area contributed by atoms with Crippen molar-refractivity contribution in [1.29, 1.82) is 0 Å². The maximum atomic E-state index is 13.3. The Morgan fingerprint density at radius 1 is 1.21 bits per heavy atom. The maximum Gasteiger partial charge on any atom is 0.280 e. The lowest BCUT2D eigenvalue weighted by atomic mass is 9.96. The molecule has 2 aromatic heterocycles. The van der Waals surface area contributed by atoms with Gasteiger partial charge in [0, 0.05) is 25.7 Å². The molecule has 0 bridgehead atoms. The average Bonchev–Trinajstić information content (AvgIpc) is 3.15. The van der Waals surface area contributed by atoms with Gasteiger partial charge in [-0.3, -0.25) is 0 Å². The second kappa shape index (κ2) is 8.05. The summed E-state index contributed by atoms with van der Waals surface area (Å²) in [5.74, 6) is 1.40. The van der Waals surface area contributed by atoms with Crippen LogP contribution in [-0.4, -0.2) is 39.9 Å². The van der Waals surface area contributed by atoms with Crippen LogP contribution in [0.5, 0.6) is 5.75 Å². The second-order valence-corrected chi connectivity index (χ2v) is 6.64. The van der Waals surface area contributed by atoms with Crippen LogP contribution < -0.4 is 10.1 Å². The van der Waals surface area contributed by atoms with E-state index in [9.17, 15) is 8.78 Å². The molecule has 3 aromatic rings. The Labute approximate surface area is 160 Å². The first kappa shape index (κ1) is 18.5. The Morgan fingerprint density at radius 2 is 1.96 bits per heavy atom. The molecule has 1 fully saturated rings. The number of benzene rings is 1. The molecule has 0 spiro atoms. The highest BCUT2D eigenvalue weighted by Gasteiger charge is 2.23. The Balaban J connectivity index is 1.60. The van der Waals surface area contributed by atoms with E-state index in [2.05, 4.69) is 20.4 Å². The first-order valence-electron chi connectivity index (χ1n) is 9.14. The maximum absolute atomic E-state index is 13.3. The summed E-state index contributed by atoms with van der Waals surface area (Å²) in [6, 6.07) is 9.04. The molecule has 0 aliphatic carbocycles. The van der Waals surface area contributed by atoms with Crippen molar-refractivity contribution in [2.24, 2.45) is 0 Å². The van der Waals surface area contributed by atoms with Crippen molar-refractivity contribution in [2.45, 2.75) is 31.7 Å². The van der Waals surface area contributed by atoms with Crippen molar-refractivity contribution in [3.8, 4) is 5.75 Å². The van der Waals surface area contributed by atoms with E-state index in [1.807, 2.05) is 24.3 Å². The third kappa shape index (κ3) is 3.89.